The molecule has 0 aliphatic rings. The number of carboxylic acid groups (broad SMARTS) is 2. The Balaban J connectivity index is 0.000000483. The minimum atomic E-state index is -1.44. The van der Waals surface area contributed by atoms with Crippen LogP contribution in [0.25, 0.3) is 0 Å². The van der Waals surface area contributed by atoms with E-state index in [2.05, 4.69) is 11.8 Å². The van der Waals surface area contributed by atoms with Crippen molar-refractivity contribution in [2.24, 2.45) is 0 Å². The predicted octanol–water partition coefficient (Wildman–Crippen LogP) is 1.81. The summed E-state index contributed by atoms with van der Waals surface area (Å²) >= 11 is 22.7. The van der Waals surface area contributed by atoms with Crippen LogP contribution in [0.3, 0.4) is 0 Å². The Kier molecular flexibility index (Phi) is 12.6. The van der Waals surface area contributed by atoms with E-state index in [4.69, 9.17) is 46.4 Å². The summed E-state index contributed by atoms with van der Waals surface area (Å²) in [4.78, 5) is 20.0. The van der Waals surface area contributed by atoms with E-state index in [0.717, 1.165) is 0 Å². The van der Waals surface area contributed by atoms with Crippen molar-refractivity contribution in [2.75, 3.05) is 0 Å². The van der Waals surface area contributed by atoms with Gasteiger partial charge in [-0.1, -0.05) is 58.2 Å². The van der Waals surface area contributed by atoms with Crippen molar-refractivity contribution in [3.8, 4) is 23.7 Å². The zero-order valence-electron chi connectivity index (χ0n) is 13.3. The molecule has 0 heterocycles. The van der Waals surface area contributed by atoms with Gasteiger partial charge < -0.3 is 19.8 Å². The van der Waals surface area contributed by atoms with E-state index < -0.39 is 11.9 Å². The first-order chi connectivity index (χ1) is 12.2. The molecule has 0 bridgehead atoms. The summed E-state index contributed by atoms with van der Waals surface area (Å²) in [7, 11) is 0. The first-order valence-electron chi connectivity index (χ1n) is 6.55. The summed E-state index contributed by atoms with van der Waals surface area (Å²) in [5, 5.41) is 21.6. The van der Waals surface area contributed by atoms with Gasteiger partial charge in [0.1, 0.15) is 11.9 Å². The van der Waals surface area contributed by atoms with Crippen molar-refractivity contribution in [1.29, 1.82) is 0 Å². The molecule has 0 radical (unpaired) electrons. The second-order valence-electron chi connectivity index (χ2n) is 4.32. The van der Waals surface area contributed by atoms with Gasteiger partial charge in [0.25, 0.3) is 0 Å². The molecule has 2 aromatic carbocycles. The largest absolute Gasteiger partial charge is 2.00 e. The number of carbonyl (C=O) groups is 2. The normalized spacial score (nSPS) is 8.44. The van der Waals surface area contributed by atoms with E-state index >= 15 is 0 Å². The van der Waals surface area contributed by atoms with E-state index in [1.54, 1.807) is 24.3 Å². The molecule has 2 aromatic rings. The molecule has 0 saturated carbocycles. The molecule has 0 unspecified atom stereocenters. The second-order valence-corrected chi connectivity index (χ2v) is 6.01. The molecule has 0 fully saturated rings. The Hall–Kier alpha value is -1.08. The van der Waals surface area contributed by atoms with Crippen molar-refractivity contribution in [3.05, 3.63) is 67.6 Å². The molecule has 132 valence electrons. The molecule has 4 nitrogen and oxygen atoms in total. The number of hydrogen-bond donors (Lipinski definition) is 0. The van der Waals surface area contributed by atoms with Crippen molar-refractivity contribution in [2.45, 2.75) is 0 Å². The third-order valence-corrected chi connectivity index (χ3v) is 3.56. The number of halogens is 4. The first-order valence-corrected chi connectivity index (χ1v) is 8.06. The third-order valence-electron chi connectivity index (χ3n) is 2.46. The average Bonchev–Trinajstić information content (AvgIpc) is 2.53. The van der Waals surface area contributed by atoms with Crippen LogP contribution in [0, 0.1) is 23.7 Å². The van der Waals surface area contributed by atoms with Gasteiger partial charge in [-0.15, -0.1) is 0 Å². The number of benzene rings is 2. The molecule has 0 aliphatic carbocycles. The number of carbonyl (C=O) groups excluding carboxylic acids is 2. The van der Waals surface area contributed by atoms with Gasteiger partial charge in [-0.3, -0.25) is 0 Å². The molecular formula is C18H6CaCl4O4. The smallest absolute Gasteiger partial charge is 0.537 e. The van der Waals surface area contributed by atoms with Crippen molar-refractivity contribution >= 4 is 96.1 Å². The fraction of sp³-hybridized carbons (Fsp3) is 0. The summed E-state index contributed by atoms with van der Waals surface area (Å²) in [5.41, 5.74) is 0.825. The van der Waals surface area contributed by atoms with Crippen LogP contribution in [-0.4, -0.2) is 49.7 Å². The molecule has 9 heteroatoms. The van der Waals surface area contributed by atoms with Crippen LogP contribution >= 0.6 is 46.4 Å². The molecule has 0 aromatic heterocycles. The number of aliphatic carboxylic acids is 2. The first kappa shape index (κ1) is 25.9. The molecule has 27 heavy (non-hydrogen) atoms. The van der Waals surface area contributed by atoms with Crippen LogP contribution in [-0.2, 0) is 9.59 Å². The summed E-state index contributed by atoms with van der Waals surface area (Å²) < 4.78 is 0. The Morgan fingerprint density at radius 1 is 0.704 bits per heavy atom. The predicted molar refractivity (Wildman–Crippen MR) is 102 cm³/mol. The quantitative estimate of drug-likeness (QED) is 0.437. The zero-order valence-corrected chi connectivity index (χ0v) is 18.5. The van der Waals surface area contributed by atoms with Gasteiger partial charge in [0.05, 0.1) is 10.0 Å². The van der Waals surface area contributed by atoms with E-state index in [9.17, 15) is 19.8 Å². The standard InChI is InChI=1S/2C9H4Cl2O2.Ca/c2*10-7-3-1-6(8(11)5-7)2-4-9(12)13;/h2*1,3,5H,(H,12,13);/q;;+2/p-2. The molecule has 2 rings (SSSR count). The van der Waals surface area contributed by atoms with E-state index in [1.807, 2.05) is 11.8 Å². The Labute approximate surface area is 205 Å². The van der Waals surface area contributed by atoms with Crippen LogP contribution in [0.2, 0.25) is 20.1 Å². The number of rotatable bonds is 0. The number of carboxylic acids is 2. The van der Waals surface area contributed by atoms with Crippen LogP contribution in [0.5, 0.6) is 0 Å². The summed E-state index contributed by atoms with van der Waals surface area (Å²) in [6, 6.07) is 9.21. The molecule has 0 saturated heterocycles. The van der Waals surface area contributed by atoms with Crippen LogP contribution in [0.15, 0.2) is 36.4 Å². The van der Waals surface area contributed by atoms with E-state index in [-0.39, 0.29) is 37.7 Å². The SMILES string of the molecule is O=C([O-])C#Cc1ccc(Cl)cc1Cl.O=C([O-])C#Cc1ccc(Cl)cc1Cl.[Ca+2]. The van der Waals surface area contributed by atoms with Crippen molar-refractivity contribution in [1.82, 2.24) is 0 Å². The maximum atomic E-state index is 10.00. The topological polar surface area (TPSA) is 80.3 Å². The Morgan fingerprint density at radius 3 is 1.30 bits per heavy atom. The maximum Gasteiger partial charge on any atom is 2.00 e. The minimum absolute atomic E-state index is 0. The van der Waals surface area contributed by atoms with Gasteiger partial charge in [-0.2, -0.15) is 0 Å². The zero-order chi connectivity index (χ0) is 19.7. The molecule has 0 aliphatic heterocycles. The van der Waals surface area contributed by atoms with Gasteiger partial charge in [-0.25, -0.2) is 0 Å². The Morgan fingerprint density at radius 2 is 1.04 bits per heavy atom. The van der Waals surface area contributed by atoms with E-state index in [0.29, 0.717) is 31.2 Å². The fourth-order valence-corrected chi connectivity index (χ4v) is 2.33. The monoisotopic (exact) mass is 466 g/mol. The summed E-state index contributed by atoms with van der Waals surface area (Å²) in [5.74, 6) is 5.50. The van der Waals surface area contributed by atoms with Gasteiger partial charge in [0.15, 0.2) is 0 Å². The van der Waals surface area contributed by atoms with Gasteiger partial charge >= 0.3 is 37.7 Å². The van der Waals surface area contributed by atoms with Crippen molar-refractivity contribution in [3.63, 3.8) is 0 Å². The average molecular weight is 468 g/mol. The number of hydrogen-bond acceptors (Lipinski definition) is 4. The van der Waals surface area contributed by atoms with Gasteiger partial charge in [-0.05, 0) is 48.2 Å². The van der Waals surface area contributed by atoms with Crippen LogP contribution in [0.1, 0.15) is 11.1 Å². The van der Waals surface area contributed by atoms with Crippen LogP contribution < -0.4 is 10.2 Å². The molecule has 0 spiro atoms. The Bertz CT molecular complexity index is 889. The summed E-state index contributed by atoms with van der Waals surface area (Å²) in [6.07, 6.45) is 0. The molecular weight excluding hydrogens is 462 g/mol. The minimum Gasteiger partial charge on any atom is -0.537 e. The van der Waals surface area contributed by atoms with Gasteiger partial charge in [0, 0.05) is 21.2 Å². The van der Waals surface area contributed by atoms with Crippen molar-refractivity contribution < 1.29 is 19.8 Å². The third kappa shape index (κ3) is 10.7. The van der Waals surface area contributed by atoms with Crippen LogP contribution in [0.4, 0.5) is 0 Å². The second kappa shape index (κ2) is 13.2. The molecule has 0 N–H and O–H groups in total. The van der Waals surface area contributed by atoms with Gasteiger partial charge in [0.2, 0.25) is 0 Å². The molecule has 0 atom stereocenters. The molecule has 0 amide bonds. The van der Waals surface area contributed by atoms with E-state index in [1.165, 1.54) is 12.1 Å². The summed E-state index contributed by atoms with van der Waals surface area (Å²) in [6.45, 7) is 0. The fourth-order valence-electron chi connectivity index (χ4n) is 1.42. The maximum absolute atomic E-state index is 10.00.